The minimum atomic E-state index is -0.282. The average Bonchev–Trinajstić information content (AvgIpc) is 2.41. The first kappa shape index (κ1) is 15.3. The fourth-order valence-corrected chi connectivity index (χ4v) is 2.81. The Morgan fingerprint density at radius 3 is 2.85 bits per heavy atom. The van der Waals surface area contributed by atoms with Gasteiger partial charge in [-0.1, -0.05) is 24.4 Å². The largest absolute Gasteiger partial charge is 0.393 e. The van der Waals surface area contributed by atoms with Crippen molar-refractivity contribution in [3.63, 3.8) is 0 Å². The number of aliphatic hydroxyl groups is 1. The van der Waals surface area contributed by atoms with E-state index in [-0.39, 0.29) is 28.6 Å². The molecular weight excluding hydrogens is 278 g/mol. The molecular formula is C14H22ClN3O2. The molecule has 0 amide bonds. The van der Waals surface area contributed by atoms with Crippen molar-refractivity contribution in [2.24, 2.45) is 5.92 Å². The third-order valence-corrected chi connectivity index (χ3v) is 4.22. The predicted molar refractivity (Wildman–Crippen MR) is 80.3 cm³/mol. The van der Waals surface area contributed by atoms with Crippen molar-refractivity contribution >= 4 is 17.3 Å². The molecule has 1 saturated carbocycles. The van der Waals surface area contributed by atoms with Crippen molar-refractivity contribution < 1.29 is 5.11 Å². The Kier molecular flexibility index (Phi) is 5.05. The van der Waals surface area contributed by atoms with Crippen LogP contribution in [0.5, 0.6) is 0 Å². The minimum Gasteiger partial charge on any atom is -0.393 e. The first-order chi connectivity index (χ1) is 9.50. The highest BCUT2D eigenvalue weighted by molar-refractivity contribution is 6.32. The maximum Gasteiger partial charge on any atom is 0.287 e. The number of nitrogens with one attached hydrogen (secondary N) is 1. The molecule has 0 aromatic carbocycles. The molecule has 6 heteroatoms. The van der Waals surface area contributed by atoms with Gasteiger partial charge in [-0.05, 0) is 26.7 Å². The second-order valence-corrected chi connectivity index (χ2v) is 6.09. The summed E-state index contributed by atoms with van der Waals surface area (Å²) in [6.07, 6.45) is 5.41. The summed E-state index contributed by atoms with van der Waals surface area (Å²) in [6.45, 7) is 4.39. The first-order valence-corrected chi connectivity index (χ1v) is 7.57. The van der Waals surface area contributed by atoms with Crippen molar-refractivity contribution in [3.05, 3.63) is 21.6 Å². The molecule has 1 heterocycles. The van der Waals surface area contributed by atoms with Crippen LogP contribution in [0.4, 0.5) is 5.69 Å². The van der Waals surface area contributed by atoms with Crippen molar-refractivity contribution in [2.75, 3.05) is 11.9 Å². The van der Waals surface area contributed by atoms with Crippen LogP contribution in [0.3, 0.4) is 0 Å². The molecule has 112 valence electrons. The van der Waals surface area contributed by atoms with Gasteiger partial charge in [0.1, 0.15) is 5.02 Å². The topological polar surface area (TPSA) is 67.2 Å². The van der Waals surface area contributed by atoms with Crippen LogP contribution in [0.25, 0.3) is 0 Å². The predicted octanol–water partition coefficient (Wildman–Crippen LogP) is 2.44. The van der Waals surface area contributed by atoms with Gasteiger partial charge in [-0.2, -0.15) is 5.10 Å². The molecule has 0 aliphatic heterocycles. The van der Waals surface area contributed by atoms with Gasteiger partial charge in [-0.3, -0.25) is 4.79 Å². The molecule has 1 aliphatic carbocycles. The molecule has 2 atom stereocenters. The lowest BCUT2D eigenvalue weighted by Crippen LogP contribution is -2.31. The summed E-state index contributed by atoms with van der Waals surface area (Å²) in [4.78, 5) is 12.0. The summed E-state index contributed by atoms with van der Waals surface area (Å²) in [7, 11) is 0. The number of nitrogens with zero attached hydrogens (tertiary/aromatic N) is 2. The lowest BCUT2D eigenvalue weighted by Gasteiger charge is -2.28. The zero-order chi connectivity index (χ0) is 14.7. The molecule has 1 aliphatic rings. The number of aromatic nitrogens is 2. The Bertz CT molecular complexity index is 516. The molecule has 2 N–H and O–H groups in total. The van der Waals surface area contributed by atoms with Gasteiger partial charge >= 0.3 is 0 Å². The highest BCUT2D eigenvalue weighted by Crippen LogP contribution is 2.25. The van der Waals surface area contributed by atoms with E-state index in [0.29, 0.717) is 12.2 Å². The third kappa shape index (κ3) is 3.33. The van der Waals surface area contributed by atoms with Crippen LogP contribution in [-0.2, 0) is 0 Å². The number of hydrogen-bond donors (Lipinski definition) is 2. The summed E-state index contributed by atoms with van der Waals surface area (Å²) in [6, 6.07) is -0.0192. The summed E-state index contributed by atoms with van der Waals surface area (Å²) in [5.74, 6) is 0.215. The highest BCUT2D eigenvalue weighted by atomic mass is 35.5. The number of anilines is 1. The maximum absolute atomic E-state index is 12.0. The van der Waals surface area contributed by atoms with Crippen LogP contribution in [-0.4, -0.2) is 27.5 Å². The Hall–Kier alpha value is -1.07. The average molecular weight is 300 g/mol. The number of hydrogen-bond acceptors (Lipinski definition) is 4. The molecule has 20 heavy (non-hydrogen) atoms. The van der Waals surface area contributed by atoms with Gasteiger partial charge in [-0.25, -0.2) is 4.68 Å². The molecule has 1 fully saturated rings. The molecule has 5 nitrogen and oxygen atoms in total. The van der Waals surface area contributed by atoms with Crippen LogP contribution >= 0.6 is 11.6 Å². The quantitative estimate of drug-likeness (QED) is 0.896. The van der Waals surface area contributed by atoms with Crippen molar-refractivity contribution in [1.29, 1.82) is 0 Å². The van der Waals surface area contributed by atoms with Gasteiger partial charge in [0.15, 0.2) is 0 Å². The fourth-order valence-electron chi connectivity index (χ4n) is 2.60. The van der Waals surface area contributed by atoms with E-state index >= 15 is 0 Å². The van der Waals surface area contributed by atoms with Crippen molar-refractivity contribution in [1.82, 2.24) is 9.78 Å². The van der Waals surface area contributed by atoms with E-state index in [1.54, 1.807) is 6.20 Å². The van der Waals surface area contributed by atoms with Gasteiger partial charge in [0, 0.05) is 12.5 Å². The molecule has 0 spiro atoms. The monoisotopic (exact) mass is 299 g/mol. The number of aliphatic hydroxyl groups excluding tert-OH is 1. The van der Waals surface area contributed by atoms with Crippen LogP contribution in [0.2, 0.25) is 5.02 Å². The van der Waals surface area contributed by atoms with Crippen LogP contribution in [0, 0.1) is 5.92 Å². The third-order valence-electron chi connectivity index (χ3n) is 3.86. The summed E-state index contributed by atoms with van der Waals surface area (Å²) < 4.78 is 1.36. The van der Waals surface area contributed by atoms with E-state index in [4.69, 9.17) is 11.6 Å². The second-order valence-electron chi connectivity index (χ2n) is 5.71. The van der Waals surface area contributed by atoms with Gasteiger partial charge in [0.05, 0.1) is 24.0 Å². The van der Waals surface area contributed by atoms with E-state index in [0.717, 1.165) is 25.7 Å². The van der Waals surface area contributed by atoms with Gasteiger partial charge in [-0.15, -0.1) is 0 Å². The summed E-state index contributed by atoms with van der Waals surface area (Å²) in [5.41, 5.74) is 0.266. The molecule has 1 aromatic heterocycles. The molecule has 0 radical (unpaired) electrons. The van der Waals surface area contributed by atoms with Crippen molar-refractivity contribution in [3.8, 4) is 0 Å². The molecule has 2 unspecified atom stereocenters. The molecule has 0 bridgehead atoms. The van der Waals surface area contributed by atoms with Crippen molar-refractivity contribution in [2.45, 2.75) is 51.7 Å². The van der Waals surface area contributed by atoms with Gasteiger partial charge in [0.25, 0.3) is 5.56 Å². The zero-order valence-electron chi connectivity index (χ0n) is 12.0. The van der Waals surface area contributed by atoms with Gasteiger partial charge < -0.3 is 10.4 Å². The second kappa shape index (κ2) is 6.59. The SMILES string of the molecule is CC(C)n1ncc(NCC2CCCCC2O)c(Cl)c1=O. The maximum atomic E-state index is 12.0. The summed E-state index contributed by atoms with van der Waals surface area (Å²) >= 11 is 6.10. The highest BCUT2D eigenvalue weighted by Gasteiger charge is 2.23. The van der Waals surface area contributed by atoms with Crippen LogP contribution in [0.15, 0.2) is 11.0 Å². The minimum absolute atomic E-state index is 0.0192. The summed E-state index contributed by atoms with van der Waals surface area (Å²) in [5, 5.41) is 17.4. The first-order valence-electron chi connectivity index (χ1n) is 7.20. The Balaban J connectivity index is 2.06. The fraction of sp³-hybridized carbons (Fsp3) is 0.714. The smallest absolute Gasteiger partial charge is 0.287 e. The molecule has 0 saturated heterocycles. The van der Waals surface area contributed by atoms with E-state index < -0.39 is 0 Å². The van der Waals surface area contributed by atoms with E-state index in [1.165, 1.54) is 4.68 Å². The lowest BCUT2D eigenvalue weighted by molar-refractivity contribution is 0.0763. The number of halogens is 1. The van der Waals surface area contributed by atoms with E-state index in [1.807, 2.05) is 13.8 Å². The Labute approximate surface area is 124 Å². The standard InChI is InChI=1S/C14H22ClN3O2/c1-9(2)18-14(20)13(15)11(8-17-18)16-7-10-5-3-4-6-12(10)19/h8-10,12,16,19H,3-7H2,1-2H3. The van der Waals surface area contributed by atoms with Crippen LogP contribution < -0.4 is 10.9 Å². The van der Waals surface area contributed by atoms with Gasteiger partial charge in [0.2, 0.25) is 0 Å². The van der Waals surface area contributed by atoms with Crippen LogP contribution in [0.1, 0.15) is 45.6 Å². The van der Waals surface area contributed by atoms with E-state index in [9.17, 15) is 9.90 Å². The normalized spacial score (nSPS) is 23.1. The van der Waals surface area contributed by atoms with E-state index in [2.05, 4.69) is 10.4 Å². The molecule has 2 rings (SSSR count). The molecule has 1 aromatic rings. The Morgan fingerprint density at radius 1 is 1.50 bits per heavy atom. The number of rotatable bonds is 4. The zero-order valence-corrected chi connectivity index (χ0v) is 12.7. The lowest BCUT2D eigenvalue weighted by atomic mass is 9.86. The Morgan fingerprint density at radius 2 is 2.20 bits per heavy atom.